The van der Waals surface area contributed by atoms with Gasteiger partial charge in [0.25, 0.3) is 0 Å². The van der Waals surface area contributed by atoms with Crippen LogP contribution in [0, 0.1) is 0 Å². The molecule has 1 nitrogen and oxygen atoms in total. The van der Waals surface area contributed by atoms with Gasteiger partial charge in [-0.3, -0.25) is 0 Å². The minimum Gasteiger partial charge on any atom is -0.381 e. The molecule has 0 saturated heterocycles. The zero-order valence-corrected chi connectivity index (χ0v) is 11.8. The highest BCUT2D eigenvalue weighted by molar-refractivity contribution is 8.00. The highest BCUT2D eigenvalue weighted by Crippen LogP contribution is 2.34. The van der Waals surface area contributed by atoms with Crippen molar-refractivity contribution >= 4 is 23.4 Å². The number of ether oxygens (including phenoxy) is 1. The molecule has 1 fully saturated rings. The number of methoxy groups -OCH3 is 1. The largest absolute Gasteiger partial charge is 0.381 e. The fourth-order valence-corrected chi connectivity index (χ4v) is 3.72. The summed E-state index contributed by atoms with van der Waals surface area (Å²) in [6, 6.07) is 8.59. The smallest absolute Gasteiger partial charge is 0.0582 e. The van der Waals surface area contributed by atoms with Gasteiger partial charge >= 0.3 is 0 Å². The average Bonchev–Trinajstić information content (AvgIpc) is 2.40. The Bertz CT molecular complexity index is 339. The molecule has 2 atom stereocenters. The Morgan fingerprint density at radius 3 is 2.71 bits per heavy atom. The topological polar surface area (TPSA) is 9.23 Å². The molecule has 0 amide bonds. The molecule has 2 unspecified atom stereocenters. The Morgan fingerprint density at radius 2 is 2.06 bits per heavy atom. The van der Waals surface area contributed by atoms with Crippen LogP contribution in [0.4, 0.5) is 0 Å². The normalized spacial score (nSPS) is 24.8. The molecule has 0 N–H and O–H groups in total. The van der Waals surface area contributed by atoms with Crippen LogP contribution in [0.5, 0.6) is 0 Å². The summed E-state index contributed by atoms with van der Waals surface area (Å²) in [6.45, 7) is 0. The SMILES string of the molecule is COC1CCCC(Sc2ccc(CCl)cc2)C1. The number of rotatable bonds is 4. The molecule has 0 aromatic heterocycles. The number of thioether (sulfide) groups is 1. The molecule has 1 saturated carbocycles. The standard InChI is InChI=1S/C14H19ClOS/c1-16-12-3-2-4-14(9-12)17-13-7-5-11(10-15)6-8-13/h5-8,12,14H,2-4,9-10H2,1H3. The minimum atomic E-state index is 0.461. The van der Waals surface area contributed by atoms with E-state index in [4.69, 9.17) is 16.3 Å². The molecule has 1 aromatic rings. The van der Waals surface area contributed by atoms with E-state index in [0.717, 1.165) is 0 Å². The highest BCUT2D eigenvalue weighted by atomic mass is 35.5. The Morgan fingerprint density at radius 1 is 1.29 bits per heavy atom. The first kappa shape index (κ1) is 13.3. The van der Waals surface area contributed by atoms with Crippen molar-refractivity contribution < 1.29 is 4.74 Å². The van der Waals surface area contributed by atoms with E-state index in [2.05, 4.69) is 24.3 Å². The van der Waals surface area contributed by atoms with Crippen molar-refractivity contribution in [3.05, 3.63) is 29.8 Å². The molecular weight excluding hydrogens is 252 g/mol. The van der Waals surface area contributed by atoms with Crippen molar-refractivity contribution in [2.24, 2.45) is 0 Å². The maximum atomic E-state index is 5.79. The first-order chi connectivity index (χ1) is 8.31. The van der Waals surface area contributed by atoms with Gasteiger partial charge in [0.1, 0.15) is 0 Å². The molecule has 17 heavy (non-hydrogen) atoms. The molecule has 0 bridgehead atoms. The van der Waals surface area contributed by atoms with Crippen molar-refractivity contribution in [1.82, 2.24) is 0 Å². The zero-order valence-electron chi connectivity index (χ0n) is 10.2. The molecule has 94 valence electrons. The third kappa shape index (κ3) is 3.90. The van der Waals surface area contributed by atoms with E-state index in [1.165, 1.54) is 36.1 Å². The van der Waals surface area contributed by atoms with E-state index in [0.29, 0.717) is 17.2 Å². The summed E-state index contributed by atoms with van der Waals surface area (Å²) in [5.41, 5.74) is 1.19. The number of halogens is 1. The summed E-state index contributed by atoms with van der Waals surface area (Å²) in [5, 5.41) is 0.704. The lowest BCUT2D eigenvalue weighted by Gasteiger charge is -2.27. The lowest BCUT2D eigenvalue weighted by Crippen LogP contribution is -2.23. The van der Waals surface area contributed by atoms with E-state index >= 15 is 0 Å². The average molecular weight is 271 g/mol. The summed E-state index contributed by atoms with van der Waals surface area (Å²) in [4.78, 5) is 1.35. The highest BCUT2D eigenvalue weighted by Gasteiger charge is 2.22. The summed E-state index contributed by atoms with van der Waals surface area (Å²) in [7, 11) is 1.83. The van der Waals surface area contributed by atoms with Gasteiger partial charge in [-0.05, 0) is 43.4 Å². The van der Waals surface area contributed by atoms with Gasteiger partial charge in [-0.25, -0.2) is 0 Å². The molecule has 1 aromatic carbocycles. The van der Waals surface area contributed by atoms with Crippen molar-refractivity contribution in [2.75, 3.05) is 7.11 Å². The monoisotopic (exact) mass is 270 g/mol. The van der Waals surface area contributed by atoms with Crippen molar-refractivity contribution in [3.63, 3.8) is 0 Å². The lowest BCUT2D eigenvalue weighted by atomic mass is 9.97. The van der Waals surface area contributed by atoms with Gasteiger partial charge in [-0.2, -0.15) is 0 Å². The van der Waals surface area contributed by atoms with Crippen LogP contribution in [-0.2, 0) is 10.6 Å². The van der Waals surface area contributed by atoms with E-state index in [1.54, 1.807) is 0 Å². The molecule has 0 heterocycles. The first-order valence-corrected chi connectivity index (χ1v) is 7.57. The van der Waals surface area contributed by atoms with Gasteiger partial charge in [0.2, 0.25) is 0 Å². The van der Waals surface area contributed by atoms with Crippen LogP contribution in [0.1, 0.15) is 31.2 Å². The summed E-state index contributed by atoms with van der Waals surface area (Å²) in [5.74, 6) is 0.597. The second-order valence-corrected chi connectivity index (χ2v) is 6.18. The third-order valence-electron chi connectivity index (χ3n) is 3.29. The second kappa shape index (κ2) is 6.67. The fourth-order valence-electron chi connectivity index (χ4n) is 2.27. The number of benzene rings is 1. The maximum Gasteiger partial charge on any atom is 0.0582 e. The van der Waals surface area contributed by atoms with Crippen LogP contribution in [0.15, 0.2) is 29.2 Å². The molecule has 2 rings (SSSR count). The van der Waals surface area contributed by atoms with E-state index in [1.807, 2.05) is 18.9 Å². The summed E-state index contributed by atoms with van der Waals surface area (Å²) >= 11 is 7.77. The molecule has 1 aliphatic rings. The van der Waals surface area contributed by atoms with Crippen LogP contribution in [0.3, 0.4) is 0 Å². The van der Waals surface area contributed by atoms with Gasteiger partial charge in [-0.15, -0.1) is 23.4 Å². The van der Waals surface area contributed by atoms with Gasteiger partial charge in [-0.1, -0.05) is 12.1 Å². The number of hydrogen-bond acceptors (Lipinski definition) is 2. The van der Waals surface area contributed by atoms with Crippen LogP contribution in [-0.4, -0.2) is 18.5 Å². The van der Waals surface area contributed by atoms with Crippen molar-refractivity contribution in [3.8, 4) is 0 Å². The van der Waals surface area contributed by atoms with Crippen LogP contribution < -0.4 is 0 Å². The summed E-state index contributed by atoms with van der Waals surface area (Å²) < 4.78 is 5.46. The van der Waals surface area contributed by atoms with E-state index in [9.17, 15) is 0 Å². The Balaban J connectivity index is 1.90. The minimum absolute atomic E-state index is 0.461. The van der Waals surface area contributed by atoms with Crippen molar-refractivity contribution in [1.29, 1.82) is 0 Å². The summed E-state index contributed by atoms with van der Waals surface area (Å²) in [6.07, 6.45) is 5.46. The van der Waals surface area contributed by atoms with Gasteiger partial charge in [0.15, 0.2) is 0 Å². The van der Waals surface area contributed by atoms with Crippen LogP contribution >= 0.6 is 23.4 Å². The Labute approximate surface area is 113 Å². The second-order valence-electron chi connectivity index (χ2n) is 4.54. The fraction of sp³-hybridized carbons (Fsp3) is 0.571. The molecule has 0 radical (unpaired) electrons. The first-order valence-electron chi connectivity index (χ1n) is 6.16. The molecule has 0 spiro atoms. The van der Waals surface area contributed by atoms with Crippen LogP contribution in [0.25, 0.3) is 0 Å². The molecule has 1 aliphatic carbocycles. The van der Waals surface area contributed by atoms with Gasteiger partial charge < -0.3 is 4.74 Å². The quantitative estimate of drug-likeness (QED) is 0.747. The number of hydrogen-bond donors (Lipinski definition) is 0. The van der Waals surface area contributed by atoms with E-state index in [-0.39, 0.29) is 0 Å². The third-order valence-corrected chi connectivity index (χ3v) is 4.91. The van der Waals surface area contributed by atoms with Crippen molar-refractivity contribution in [2.45, 2.75) is 47.8 Å². The lowest BCUT2D eigenvalue weighted by molar-refractivity contribution is 0.0730. The zero-order chi connectivity index (χ0) is 12.1. The number of alkyl halides is 1. The Kier molecular flexibility index (Phi) is 5.20. The predicted octanol–water partition coefficient (Wildman–Crippen LogP) is 4.48. The predicted molar refractivity (Wildman–Crippen MR) is 74.9 cm³/mol. The van der Waals surface area contributed by atoms with Gasteiger partial charge in [0.05, 0.1) is 6.10 Å². The van der Waals surface area contributed by atoms with Crippen LogP contribution in [0.2, 0.25) is 0 Å². The van der Waals surface area contributed by atoms with E-state index < -0.39 is 0 Å². The Hall–Kier alpha value is -0.180. The maximum absolute atomic E-state index is 5.79. The molecule has 3 heteroatoms. The van der Waals surface area contributed by atoms with Gasteiger partial charge in [0, 0.05) is 23.1 Å². The molecule has 0 aliphatic heterocycles. The molecular formula is C14H19ClOS.